The molecule has 53 heavy (non-hydrogen) atoms. The Bertz CT molecular complexity index is 1830. The lowest BCUT2D eigenvalue weighted by Gasteiger charge is -2.14. The number of hydrogen-bond donors (Lipinski definition) is 4. The Morgan fingerprint density at radius 2 is 0.887 bits per heavy atom. The number of aromatic nitrogens is 2. The molecule has 292 valence electrons. The summed E-state index contributed by atoms with van der Waals surface area (Å²) in [7, 11) is 3.36. The monoisotopic (exact) mass is 848 g/mol. The number of nitrogens with one attached hydrogen (secondary N) is 4. The summed E-state index contributed by atoms with van der Waals surface area (Å²) in [4.78, 5) is 9.51. The minimum atomic E-state index is 0. The van der Waals surface area contributed by atoms with Crippen LogP contribution in [0.25, 0.3) is 43.6 Å². The van der Waals surface area contributed by atoms with Crippen LogP contribution in [0.5, 0.6) is 11.5 Å². The fourth-order valence-electron chi connectivity index (χ4n) is 5.53. The number of pyridine rings is 2. The standard InChI is InChI=1S/2C19H22ClN3O.4ClH.H2O/c2*1-13(20)12-21-9-10-22-19-15-5-3-4-6-17(15)23-18-8-7-14(24-2)11-16(18)19;;;;;/h2*3-8,11,13,21H,9-10,12H2,1-2H3,(H,22,23);4*1H;1H2. The van der Waals surface area contributed by atoms with Gasteiger partial charge in [0.25, 0.3) is 0 Å². The predicted octanol–water partition coefficient (Wildman–Crippen LogP) is 8.91. The van der Waals surface area contributed by atoms with Gasteiger partial charge in [-0.2, -0.15) is 0 Å². The molecular formula is C38H50Cl6N6O3. The molecule has 2 atom stereocenters. The molecule has 4 aromatic carbocycles. The van der Waals surface area contributed by atoms with E-state index in [1.807, 2.05) is 86.6 Å². The van der Waals surface area contributed by atoms with E-state index in [2.05, 4.69) is 33.4 Å². The molecule has 2 heterocycles. The van der Waals surface area contributed by atoms with Gasteiger partial charge in [0.1, 0.15) is 11.5 Å². The van der Waals surface area contributed by atoms with Gasteiger partial charge in [0, 0.05) is 71.6 Å². The van der Waals surface area contributed by atoms with Gasteiger partial charge < -0.3 is 36.2 Å². The number of hydrogen-bond acceptors (Lipinski definition) is 8. The molecule has 2 aromatic heterocycles. The third-order valence-electron chi connectivity index (χ3n) is 7.83. The molecule has 0 spiro atoms. The second-order valence-corrected chi connectivity index (χ2v) is 13.1. The SMILES string of the molecule is COc1ccc2nc3ccccc3c(NCCNCC(C)Cl)c2c1.COc1ccc2nc3ccccc3c(NCCNCC(C)Cl)c2c1.Cl.Cl.Cl.Cl.O. The van der Waals surface area contributed by atoms with Crippen LogP contribution >= 0.6 is 72.8 Å². The molecule has 6 aromatic rings. The normalized spacial score (nSPS) is 11.3. The number of benzene rings is 4. The van der Waals surface area contributed by atoms with E-state index in [4.69, 9.17) is 42.6 Å². The molecule has 2 unspecified atom stereocenters. The fourth-order valence-corrected chi connectivity index (χ4v) is 5.75. The third kappa shape index (κ3) is 13.7. The predicted molar refractivity (Wildman–Crippen MR) is 238 cm³/mol. The van der Waals surface area contributed by atoms with Crippen LogP contribution in [0.15, 0.2) is 84.9 Å². The van der Waals surface area contributed by atoms with Crippen LogP contribution in [0.3, 0.4) is 0 Å². The van der Waals surface area contributed by atoms with Gasteiger partial charge in [-0.15, -0.1) is 72.8 Å². The first kappa shape index (κ1) is 50.0. The lowest BCUT2D eigenvalue weighted by atomic mass is 10.1. The number of alkyl halides is 2. The summed E-state index contributed by atoms with van der Waals surface area (Å²) in [6.45, 7) is 8.88. The number of fused-ring (bicyclic) bond motifs is 4. The topological polar surface area (TPSA) is 124 Å². The van der Waals surface area contributed by atoms with Gasteiger partial charge in [-0.25, -0.2) is 9.97 Å². The van der Waals surface area contributed by atoms with E-state index in [1.54, 1.807) is 14.2 Å². The van der Waals surface area contributed by atoms with Crippen molar-refractivity contribution in [2.75, 3.05) is 64.1 Å². The summed E-state index contributed by atoms with van der Waals surface area (Å²) in [6.07, 6.45) is 0. The van der Waals surface area contributed by atoms with E-state index in [-0.39, 0.29) is 65.9 Å². The van der Waals surface area contributed by atoms with E-state index in [0.717, 1.165) is 106 Å². The lowest BCUT2D eigenvalue weighted by molar-refractivity contribution is 0.415. The van der Waals surface area contributed by atoms with Crippen LogP contribution in [-0.2, 0) is 0 Å². The number of anilines is 2. The first-order valence-corrected chi connectivity index (χ1v) is 17.2. The van der Waals surface area contributed by atoms with Crippen LogP contribution < -0.4 is 30.7 Å². The Kier molecular flexibility index (Phi) is 23.8. The maximum absolute atomic E-state index is 5.96. The highest BCUT2D eigenvalue weighted by Crippen LogP contribution is 2.34. The molecule has 0 bridgehead atoms. The fraction of sp³-hybridized carbons (Fsp3) is 0.316. The summed E-state index contributed by atoms with van der Waals surface area (Å²) in [5.41, 5.74) is 6.07. The second-order valence-electron chi connectivity index (χ2n) is 11.6. The van der Waals surface area contributed by atoms with Crippen molar-refractivity contribution >= 4 is 128 Å². The van der Waals surface area contributed by atoms with Crippen LogP contribution in [0.2, 0.25) is 0 Å². The summed E-state index contributed by atoms with van der Waals surface area (Å²) in [6, 6.07) is 28.3. The average Bonchev–Trinajstić information content (AvgIpc) is 3.10. The zero-order valence-corrected chi connectivity index (χ0v) is 34.9. The van der Waals surface area contributed by atoms with Crippen LogP contribution in [0.1, 0.15) is 13.8 Å². The van der Waals surface area contributed by atoms with Gasteiger partial charge in [-0.3, -0.25) is 0 Å². The van der Waals surface area contributed by atoms with Crippen molar-refractivity contribution in [3.8, 4) is 11.5 Å². The van der Waals surface area contributed by atoms with Gasteiger partial charge in [-0.1, -0.05) is 36.4 Å². The first-order chi connectivity index (χ1) is 23.4. The third-order valence-corrected chi connectivity index (χ3v) is 8.14. The average molecular weight is 852 g/mol. The molecule has 15 heteroatoms. The summed E-state index contributed by atoms with van der Waals surface area (Å²) in [5, 5.41) is 18.4. The molecule has 0 aliphatic rings. The quantitative estimate of drug-likeness (QED) is 0.0487. The van der Waals surface area contributed by atoms with E-state index >= 15 is 0 Å². The Labute approximate surface area is 346 Å². The van der Waals surface area contributed by atoms with Crippen LogP contribution in [0.4, 0.5) is 11.4 Å². The van der Waals surface area contributed by atoms with Crippen molar-refractivity contribution in [1.82, 2.24) is 20.6 Å². The summed E-state index contributed by atoms with van der Waals surface area (Å²) < 4.78 is 10.8. The number of nitrogens with zero attached hydrogens (tertiary/aromatic N) is 2. The molecule has 0 aliphatic heterocycles. The highest BCUT2D eigenvalue weighted by atomic mass is 35.5. The van der Waals surface area contributed by atoms with Crippen molar-refractivity contribution in [2.24, 2.45) is 0 Å². The van der Waals surface area contributed by atoms with Crippen molar-refractivity contribution in [3.05, 3.63) is 84.9 Å². The largest absolute Gasteiger partial charge is 0.497 e. The molecule has 0 radical (unpaired) electrons. The zero-order chi connectivity index (χ0) is 33.9. The Hall–Kier alpha value is -2.96. The minimum Gasteiger partial charge on any atom is -0.497 e. The molecule has 0 aliphatic carbocycles. The van der Waals surface area contributed by atoms with E-state index in [1.165, 1.54) is 0 Å². The number of methoxy groups -OCH3 is 2. The van der Waals surface area contributed by atoms with E-state index < -0.39 is 0 Å². The van der Waals surface area contributed by atoms with Crippen molar-refractivity contribution < 1.29 is 14.9 Å². The van der Waals surface area contributed by atoms with Crippen LogP contribution in [0, 0.1) is 0 Å². The molecule has 9 nitrogen and oxygen atoms in total. The van der Waals surface area contributed by atoms with Gasteiger partial charge in [0.15, 0.2) is 0 Å². The lowest BCUT2D eigenvalue weighted by Crippen LogP contribution is -2.27. The van der Waals surface area contributed by atoms with Crippen molar-refractivity contribution in [1.29, 1.82) is 0 Å². The first-order valence-electron chi connectivity index (χ1n) is 16.3. The summed E-state index contributed by atoms with van der Waals surface area (Å²) in [5.74, 6) is 1.66. The maximum Gasteiger partial charge on any atom is 0.119 e. The van der Waals surface area contributed by atoms with Crippen molar-refractivity contribution in [3.63, 3.8) is 0 Å². The van der Waals surface area contributed by atoms with Gasteiger partial charge in [0.05, 0.1) is 47.7 Å². The number of rotatable bonds is 14. The summed E-state index contributed by atoms with van der Waals surface area (Å²) >= 11 is 11.9. The maximum atomic E-state index is 5.96. The molecule has 0 fully saturated rings. The van der Waals surface area contributed by atoms with Crippen LogP contribution in [-0.4, -0.2) is 79.7 Å². The molecule has 0 saturated carbocycles. The number of halogens is 6. The highest BCUT2D eigenvalue weighted by Gasteiger charge is 2.11. The Morgan fingerprint density at radius 1 is 0.528 bits per heavy atom. The number of para-hydroxylation sites is 2. The molecule has 6 N–H and O–H groups in total. The molecule has 6 rings (SSSR count). The Balaban J connectivity index is 0.000000932. The molecular weight excluding hydrogens is 801 g/mol. The molecule has 0 saturated heterocycles. The smallest absolute Gasteiger partial charge is 0.119 e. The van der Waals surface area contributed by atoms with Crippen molar-refractivity contribution in [2.45, 2.75) is 24.6 Å². The van der Waals surface area contributed by atoms with E-state index in [0.29, 0.717) is 0 Å². The zero-order valence-electron chi connectivity index (χ0n) is 30.1. The second kappa shape index (κ2) is 25.2. The van der Waals surface area contributed by atoms with E-state index in [9.17, 15) is 0 Å². The Morgan fingerprint density at radius 3 is 1.25 bits per heavy atom. The highest BCUT2D eigenvalue weighted by molar-refractivity contribution is 6.20. The number of ether oxygens (including phenoxy) is 2. The van der Waals surface area contributed by atoms with Gasteiger partial charge >= 0.3 is 0 Å². The van der Waals surface area contributed by atoms with Gasteiger partial charge in [-0.05, 0) is 62.4 Å². The molecule has 0 amide bonds. The minimum absolute atomic E-state index is 0. The van der Waals surface area contributed by atoms with Gasteiger partial charge in [0.2, 0.25) is 0 Å².